The zero-order valence-electron chi connectivity index (χ0n) is 17.5. The number of rotatable bonds is 8. The summed E-state index contributed by atoms with van der Waals surface area (Å²) in [6.07, 6.45) is 1.60. The number of hydrogen-bond donors (Lipinski definition) is 1. The zero-order chi connectivity index (χ0) is 21.4. The quantitative estimate of drug-likeness (QED) is 0.411. The van der Waals surface area contributed by atoms with Crippen LogP contribution in [0.4, 0.5) is 0 Å². The maximum absolute atomic E-state index is 12.7. The van der Waals surface area contributed by atoms with Gasteiger partial charge in [-0.05, 0) is 68.3 Å². The topological polar surface area (TPSA) is 59.9 Å². The molecular formula is C25H26N2O3. The van der Waals surface area contributed by atoms with Crippen molar-refractivity contribution in [3.05, 3.63) is 90.0 Å². The molecule has 30 heavy (non-hydrogen) atoms. The van der Waals surface area contributed by atoms with E-state index in [1.807, 2.05) is 99.6 Å². The number of ether oxygens (including phenoxy) is 2. The van der Waals surface area contributed by atoms with E-state index in [9.17, 15) is 4.79 Å². The van der Waals surface area contributed by atoms with Gasteiger partial charge in [0.2, 0.25) is 5.91 Å². The fraction of sp³-hybridized carbons (Fsp3) is 0.200. The Balaban J connectivity index is 1.62. The van der Waals surface area contributed by atoms with Crippen molar-refractivity contribution in [3.63, 3.8) is 0 Å². The highest BCUT2D eigenvalue weighted by Gasteiger charge is 2.29. The SMILES string of the molecule is CCOc1ccc(C(C)(C)C(=O)NN=Cc2cccc(Oc3ccccc3)c2)cc1. The number of benzene rings is 3. The second-order valence-electron chi connectivity index (χ2n) is 7.27. The van der Waals surface area contributed by atoms with E-state index in [4.69, 9.17) is 9.47 Å². The Labute approximate surface area is 177 Å². The van der Waals surface area contributed by atoms with Crippen LogP contribution in [0.2, 0.25) is 0 Å². The Kier molecular flexibility index (Phi) is 6.86. The molecule has 3 aromatic rings. The molecule has 0 saturated carbocycles. The van der Waals surface area contributed by atoms with Crippen LogP contribution in [0.15, 0.2) is 84.0 Å². The molecule has 1 N–H and O–H groups in total. The van der Waals surface area contributed by atoms with Crippen LogP contribution < -0.4 is 14.9 Å². The van der Waals surface area contributed by atoms with Gasteiger partial charge in [-0.3, -0.25) is 4.79 Å². The molecule has 0 aliphatic heterocycles. The van der Waals surface area contributed by atoms with Gasteiger partial charge in [0.25, 0.3) is 0 Å². The van der Waals surface area contributed by atoms with Crippen LogP contribution in [-0.2, 0) is 10.2 Å². The first-order chi connectivity index (χ1) is 14.5. The highest BCUT2D eigenvalue weighted by molar-refractivity contribution is 5.89. The van der Waals surface area contributed by atoms with Gasteiger partial charge in [0.05, 0.1) is 18.2 Å². The van der Waals surface area contributed by atoms with Crippen LogP contribution in [0.25, 0.3) is 0 Å². The van der Waals surface area contributed by atoms with E-state index in [0.29, 0.717) is 12.4 Å². The van der Waals surface area contributed by atoms with Gasteiger partial charge in [0.1, 0.15) is 17.2 Å². The summed E-state index contributed by atoms with van der Waals surface area (Å²) < 4.78 is 11.3. The third-order valence-electron chi connectivity index (χ3n) is 4.67. The lowest BCUT2D eigenvalue weighted by atomic mass is 9.84. The molecule has 0 fully saturated rings. The van der Waals surface area contributed by atoms with Crippen LogP contribution in [0.5, 0.6) is 17.2 Å². The highest BCUT2D eigenvalue weighted by Crippen LogP contribution is 2.26. The molecule has 0 aliphatic rings. The molecule has 0 aliphatic carbocycles. The molecule has 0 saturated heterocycles. The predicted octanol–water partition coefficient (Wildman–Crippen LogP) is 5.31. The van der Waals surface area contributed by atoms with E-state index in [1.54, 1.807) is 6.21 Å². The van der Waals surface area contributed by atoms with Gasteiger partial charge in [-0.15, -0.1) is 0 Å². The number of nitrogens with zero attached hydrogens (tertiary/aromatic N) is 1. The Bertz CT molecular complexity index is 996. The van der Waals surface area contributed by atoms with E-state index < -0.39 is 5.41 Å². The van der Waals surface area contributed by atoms with E-state index in [-0.39, 0.29) is 5.91 Å². The summed E-state index contributed by atoms with van der Waals surface area (Å²) in [4.78, 5) is 12.7. The fourth-order valence-corrected chi connectivity index (χ4v) is 2.85. The van der Waals surface area contributed by atoms with Crippen LogP contribution in [0.1, 0.15) is 31.9 Å². The molecule has 1 amide bonds. The fourth-order valence-electron chi connectivity index (χ4n) is 2.85. The van der Waals surface area contributed by atoms with Crippen molar-refractivity contribution in [2.45, 2.75) is 26.2 Å². The largest absolute Gasteiger partial charge is 0.494 e. The maximum atomic E-state index is 12.7. The molecule has 0 atom stereocenters. The lowest BCUT2D eigenvalue weighted by Crippen LogP contribution is -2.37. The van der Waals surface area contributed by atoms with Crippen LogP contribution in [0, 0.1) is 0 Å². The number of hydrogen-bond acceptors (Lipinski definition) is 4. The Morgan fingerprint density at radius 1 is 0.933 bits per heavy atom. The molecule has 0 heterocycles. The molecule has 0 bridgehead atoms. The van der Waals surface area contributed by atoms with Crippen molar-refractivity contribution in [1.82, 2.24) is 5.43 Å². The summed E-state index contributed by atoms with van der Waals surface area (Å²) in [5, 5.41) is 4.12. The Morgan fingerprint density at radius 2 is 1.63 bits per heavy atom. The van der Waals surface area contributed by atoms with Gasteiger partial charge in [0.15, 0.2) is 0 Å². The Morgan fingerprint density at radius 3 is 2.33 bits per heavy atom. The van der Waals surface area contributed by atoms with Gasteiger partial charge in [0, 0.05) is 0 Å². The van der Waals surface area contributed by atoms with E-state index in [1.165, 1.54) is 0 Å². The molecule has 0 aromatic heterocycles. The molecule has 0 unspecified atom stereocenters. The molecule has 3 rings (SSSR count). The maximum Gasteiger partial charge on any atom is 0.250 e. The molecule has 0 radical (unpaired) electrons. The number of hydrazone groups is 1. The minimum absolute atomic E-state index is 0.195. The minimum atomic E-state index is -0.736. The standard InChI is InChI=1S/C25H26N2O3/c1-4-29-21-15-13-20(14-16-21)25(2,3)24(28)27-26-18-19-9-8-12-23(17-19)30-22-10-6-5-7-11-22/h5-18H,4H2,1-3H3,(H,27,28). The second-order valence-corrected chi connectivity index (χ2v) is 7.27. The van der Waals surface area contributed by atoms with Crippen molar-refractivity contribution >= 4 is 12.1 Å². The number of carbonyl (C=O) groups excluding carboxylic acids is 1. The van der Waals surface area contributed by atoms with E-state index >= 15 is 0 Å². The van der Waals surface area contributed by atoms with Gasteiger partial charge in [-0.2, -0.15) is 5.10 Å². The van der Waals surface area contributed by atoms with Gasteiger partial charge >= 0.3 is 0 Å². The van der Waals surface area contributed by atoms with E-state index in [0.717, 1.165) is 22.6 Å². The average Bonchev–Trinajstić information content (AvgIpc) is 2.75. The van der Waals surface area contributed by atoms with Gasteiger partial charge < -0.3 is 9.47 Å². The summed E-state index contributed by atoms with van der Waals surface area (Å²) >= 11 is 0. The zero-order valence-corrected chi connectivity index (χ0v) is 17.5. The van der Waals surface area contributed by atoms with Crippen molar-refractivity contribution in [1.29, 1.82) is 0 Å². The third kappa shape index (κ3) is 5.47. The minimum Gasteiger partial charge on any atom is -0.494 e. The second kappa shape index (κ2) is 9.74. The lowest BCUT2D eigenvalue weighted by Gasteiger charge is -2.23. The molecule has 3 aromatic carbocycles. The molecule has 154 valence electrons. The average molecular weight is 402 g/mol. The van der Waals surface area contributed by atoms with Gasteiger partial charge in [-0.25, -0.2) is 5.43 Å². The first-order valence-electron chi connectivity index (χ1n) is 9.89. The Hall–Kier alpha value is -3.60. The number of amides is 1. The molecule has 5 nitrogen and oxygen atoms in total. The normalized spacial score (nSPS) is 11.3. The number of para-hydroxylation sites is 1. The first-order valence-corrected chi connectivity index (χ1v) is 9.89. The van der Waals surface area contributed by atoms with Crippen molar-refractivity contribution < 1.29 is 14.3 Å². The third-order valence-corrected chi connectivity index (χ3v) is 4.67. The van der Waals surface area contributed by atoms with E-state index in [2.05, 4.69) is 10.5 Å². The van der Waals surface area contributed by atoms with Crippen LogP contribution in [-0.4, -0.2) is 18.7 Å². The summed E-state index contributed by atoms with van der Waals surface area (Å²) in [5.41, 5.74) is 3.61. The van der Waals surface area contributed by atoms with Gasteiger partial charge in [-0.1, -0.05) is 42.5 Å². The van der Waals surface area contributed by atoms with Crippen LogP contribution >= 0.6 is 0 Å². The molecule has 5 heteroatoms. The summed E-state index contributed by atoms with van der Waals surface area (Å²) in [6.45, 7) is 6.27. The first kappa shape index (κ1) is 21.1. The predicted molar refractivity (Wildman–Crippen MR) is 119 cm³/mol. The smallest absolute Gasteiger partial charge is 0.250 e. The summed E-state index contributed by atoms with van der Waals surface area (Å²) in [5.74, 6) is 2.05. The lowest BCUT2D eigenvalue weighted by molar-refractivity contribution is -0.125. The number of nitrogens with one attached hydrogen (secondary N) is 1. The monoisotopic (exact) mass is 402 g/mol. The van der Waals surface area contributed by atoms with Crippen molar-refractivity contribution in [3.8, 4) is 17.2 Å². The van der Waals surface area contributed by atoms with Crippen molar-refractivity contribution in [2.75, 3.05) is 6.61 Å². The van der Waals surface area contributed by atoms with Crippen molar-refractivity contribution in [2.24, 2.45) is 5.10 Å². The summed E-state index contributed by atoms with van der Waals surface area (Å²) in [6, 6.07) is 24.6. The number of carbonyl (C=O) groups is 1. The van der Waals surface area contributed by atoms with Crippen LogP contribution in [0.3, 0.4) is 0 Å². The molecular weight excluding hydrogens is 376 g/mol. The molecule has 0 spiro atoms. The highest BCUT2D eigenvalue weighted by atomic mass is 16.5. The summed E-state index contributed by atoms with van der Waals surface area (Å²) in [7, 11) is 0.